The summed E-state index contributed by atoms with van der Waals surface area (Å²) in [5.74, 6) is 1.60. The monoisotopic (exact) mass is 315 g/mol. The largest absolute Gasteiger partial charge is 0.459 e. The number of rotatable bonds is 3. The van der Waals surface area contributed by atoms with Crippen LogP contribution in [-0.4, -0.2) is 34.0 Å². The van der Waals surface area contributed by atoms with Crippen LogP contribution in [0.15, 0.2) is 44.8 Å². The molecule has 112 valence electrons. The van der Waals surface area contributed by atoms with Crippen LogP contribution in [0, 0.1) is 0 Å². The molecule has 1 aliphatic rings. The topological polar surface area (TPSA) is 72.4 Å². The van der Waals surface area contributed by atoms with E-state index >= 15 is 0 Å². The van der Waals surface area contributed by atoms with Crippen molar-refractivity contribution < 1.29 is 13.7 Å². The van der Waals surface area contributed by atoms with Gasteiger partial charge in [0.15, 0.2) is 11.6 Å². The second kappa shape index (κ2) is 5.42. The average Bonchev–Trinajstić information content (AvgIpc) is 3.35. The number of likely N-dealkylation sites (tertiary alicyclic amines) is 1. The van der Waals surface area contributed by atoms with Crippen molar-refractivity contribution in [1.82, 2.24) is 15.0 Å². The molecule has 0 unspecified atom stereocenters. The predicted octanol–water partition coefficient (Wildman–Crippen LogP) is 3.02. The van der Waals surface area contributed by atoms with Crippen LogP contribution in [0.4, 0.5) is 0 Å². The Morgan fingerprint density at radius 1 is 1.36 bits per heavy atom. The first-order valence-corrected chi connectivity index (χ1v) is 7.89. The molecule has 3 aromatic rings. The maximum absolute atomic E-state index is 12.2. The van der Waals surface area contributed by atoms with Gasteiger partial charge in [0.05, 0.1) is 11.1 Å². The van der Waals surface area contributed by atoms with Crippen LogP contribution < -0.4 is 0 Å². The van der Waals surface area contributed by atoms with E-state index in [1.807, 2.05) is 17.5 Å². The Labute approximate surface area is 130 Å². The first kappa shape index (κ1) is 13.3. The van der Waals surface area contributed by atoms with E-state index in [0.717, 1.165) is 11.3 Å². The third-order valence-corrected chi connectivity index (χ3v) is 4.60. The lowest BCUT2D eigenvalue weighted by atomic mass is 10.1. The van der Waals surface area contributed by atoms with Crippen LogP contribution in [0.5, 0.6) is 0 Å². The molecular weight excluding hydrogens is 302 g/mol. The van der Waals surface area contributed by atoms with E-state index in [-0.39, 0.29) is 11.8 Å². The Morgan fingerprint density at radius 3 is 3.09 bits per heavy atom. The normalized spacial score (nSPS) is 18.0. The summed E-state index contributed by atoms with van der Waals surface area (Å²) in [5, 5.41) is 6.04. The van der Waals surface area contributed by atoms with E-state index in [9.17, 15) is 4.79 Å². The lowest BCUT2D eigenvalue weighted by Crippen LogP contribution is -2.28. The van der Waals surface area contributed by atoms with Crippen molar-refractivity contribution in [2.24, 2.45) is 0 Å². The number of hydrogen-bond donors (Lipinski definition) is 0. The van der Waals surface area contributed by atoms with Crippen molar-refractivity contribution in [3.8, 4) is 10.8 Å². The van der Waals surface area contributed by atoms with Crippen molar-refractivity contribution in [2.75, 3.05) is 13.1 Å². The minimum atomic E-state index is -0.0884. The number of aromatic nitrogens is 2. The minimum Gasteiger partial charge on any atom is -0.459 e. The highest BCUT2D eigenvalue weighted by molar-refractivity contribution is 7.13. The van der Waals surface area contributed by atoms with Crippen LogP contribution in [0.3, 0.4) is 0 Å². The highest BCUT2D eigenvalue weighted by atomic mass is 32.1. The summed E-state index contributed by atoms with van der Waals surface area (Å²) >= 11 is 1.56. The lowest BCUT2D eigenvalue weighted by molar-refractivity contribution is 0.0759. The van der Waals surface area contributed by atoms with Gasteiger partial charge < -0.3 is 13.8 Å². The highest BCUT2D eigenvalue weighted by Crippen LogP contribution is 2.29. The summed E-state index contributed by atoms with van der Waals surface area (Å²) in [6.45, 7) is 1.26. The zero-order valence-corrected chi connectivity index (χ0v) is 12.5. The van der Waals surface area contributed by atoms with Crippen LogP contribution in [-0.2, 0) is 0 Å². The molecule has 6 nitrogen and oxygen atoms in total. The molecule has 1 saturated heterocycles. The van der Waals surface area contributed by atoms with Gasteiger partial charge in [-0.1, -0.05) is 11.2 Å². The molecule has 1 aliphatic heterocycles. The Bertz CT molecular complexity index is 764. The number of carbonyl (C=O) groups is 1. The molecule has 22 heavy (non-hydrogen) atoms. The number of hydrogen-bond acceptors (Lipinski definition) is 6. The third kappa shape index (κ3) is 2.33. The van der Waals surface area contributed by atoms with Gasteiger partial charge in [0, 0.05) is 19.0 Å². The van der Waals surface area contributed by atoms with E-state index in [4.69, 9.17) is 8.94 Å². The van der Waals surface area contributed by atoms with Crippen molar-refractivity contribution in [3.05, 3.63) is 47.5 Å². The minimum absolute atomic E-state index is 0.0884. The van der Waals surface area contributed by atoms with E-state index in [0.29, 0.717) is 30.6 Å². The fourth-order valence-corrected chi connectivity index (χ4v) is 3.26. The molecule has 3 aromatic heterocycles. The fraction of sp³-hybridized carbons (Fsp3) is 0.267. The number of furan rings is 1. The lowest BCUT2D eigenvalue weighted by Gasteiger charge is -2.13. The number of thiophene rings is 1. The fourth-order valence-electron chi connectivity index (χ4n) is 2.61. The van der Waals surface area contributed by atoms with E-state index < -0.39 is 0 Å². The first-order valence-electron chi connectivity index (χ1n) is 7.01. The molecule has 0 N–H and O–H groups in total. The van der Waals surface area contributed by atoms with E-state index in [2.05, 4.69) is 10.1 Å². The number of amides is 1. The summed E-state index contributed by atoms with van der Waals surface area (Å²) < 4.78 is 10.5. The average molecular weight is 315 g/mol. The third-order valence-electron chi connectivity index (χ3n) is 3.75. The molecule has 1 amide bonds. The van der Waals surface area contributed by atoms with Gasteiger partial charge in [-0.05, 0) is 30.0 Å². The Hall–Kier alpha value is -2.41. The van der Waals surface area contributed by atoms with Gasteiger partial charge in [0.2, 0.25) is 0 Å². The van der Waals surface area contributed by atoms with Crippen molar-refractivity contribution >= 4 is 17.2 Å². The SMILES string of the molecule is O=C(c1ccco1)N1CC[C@@H](c2noc(-c3cccs3)n2)C1. The second-order valence-corrected chi connectivity index (χ2v) is 6.10. The zero-order valence-electron chi connectivity index (χ0n) is 11.6. The molecule has 0 radical (unpaired) electrons. The molecule has 0 spiro atoms. The Morgan fingerprint density at radius 2 is 2.32 bits per heavy atom. The van der Waals surface area contributed by atoms with Crippen LogP contribution in [0.25, 0.3) is 10.8 Å². The summed E-state index contributed by atoms with van der Waals surface area (Å²) in [5.41, 5.74) is 0. The smallest absolute Gasteiger partial charge is 0.289 e. The molecule has 0 aliphatic carbocycles. The molecule has 0 aromatic carbocycles. The summed E-state index contributed by atoms with van der Waals surface area (Å²) in [7, 11) is 0. The van der Waals surface area contributed by atoms with Gasteiger partial charge in [-0.2, -0.15) is 4.98 Å². The standard InChI is InChI=1S/C15H13N3O3S/c19-15(11-3-1-7-20-11)18-6-5-10(9-18)13-16-14(21-17-13)12-4-2-8-22-12/h1-4,7-8,10H,5-6,9H2/t10-/m1/s1. The highest BCUT2D eigenvalue weighted by Gasteiger charge is 2.32. The Kier molecular flexibility index (Phi) is 3.27. The maximum atomic E-state index is 12.2. The van der Waals surface area contributed by atoms with Gasteiger partial charge in [-0.25, -0.2) is 0 Å². The summed E-state index contributed by atoms with van der Waals surface area (Å²) in [6, 6.07) is 7.29. The van der Waals surface area contributed by atoms with Crippen LogP contribution in [0.2, 0.25) is 0 Å². The first-order chi connectivity index (χ1) is 10.8. The molecule has 4 rings (SSSR count). The van der Waals surface area contributed by atoms with Crippen molar-refractivity contribution in [1.29, 1.82) is 0 Å². The van der Waals surface area contributed by atoms with Gasteiger partial charge >= 0.3 is 0 Å². The predicted molar refractivity (Wildman–Crippen MR) is 79.6 cm³/mol. The van der Waals surface area contributed by atoms with E-state index in [1.54, 1.807) is 28.4 Å². The van der Waals surface area contributed by atoms with Gasteiger partial charge in [0.1, 0.15) is 0 Å². The molecule has 1 fully saturated rings. The quantitative estimate of drug-likeness (QED) is 0.743. The Balaban J connectivity index is 1.48. The molecule has 0 bridgehead atoms. The van der Waals surface area contributed by atoms with Crippen molar-refractivity contribution in [3.63, 3.8) is 0 Å². The summed E-state index contributed by atoms with van der Waals surface area (Å²) in [4.78, 5) is 19.4. The van der Waals surface area contributed by atoms with Gasteiger partial charge in [-0.15, -0.1) is 11.3 Å². The summed E-state index contributed by atoms with van der Waals surface area (Å²) in [6.07, 6.45) is 2.34. The van der Waals surface area contributed by atoms with Crippen LogP contribution >= 0.6 is 11.3 Å². The van der Waals surface area contributed by atoms with Gasteiger partial charge in [-0.3, -0.25) is 4.79 Å². The zero-order chi connectivity index (χ0) is 14.9. The second-order valence-electron chi connectivity index (χ2n) is 5.15. The molecule has 1 atom stereocenters. The van der Waals surface area contributed by atoms with Gasteiger partial charge in [0.25, 0.3) is 11.8 Å². The molecular formula is C15H13N3O3S. The van der Waals surface area contributed by atoms with Crippen LogP contribution in [0.1, 0.15) is 28.7 Å². The number of carbonyl (C=O) groups excluding carboxylic acids is 1. The molecule has 0 saturated carbocycles. The molecule has 7 heteroatoms. The molecule has 4 heterocycles. The van der Waals surface area contributed by atoms with Crippen molar-refractivity contribution in [2.45, 2.75) is 12.3 Å². The number of nitrogens with zero attached hydrogens (tertiary/aromatic N) is 3. The maximum Gasteiger partial charge on any atom is 0.289 e. The van der Waals surface area contributed by atoms with E-state index in [1.165, 1.54) is 6.26 Å².